The summed E-state index contributed by atoms with van der Waals surface area (Å²) in [5.41, 5.74) is 0.943. The van der Waals surface area contributed by atoms with Crippen LogP contribution in [0.5, 0.6) is 5.88 Å². The van der Waals surface area contributed by atoms with Gasteiger partial charge in [0.2, 0.25) is 5.88 Å². The molecule has 22 heavy (non-hydrogen) atoms. The summed E-state index contributed by atoms with van der Waals surface area (Å²) in [5.74, 6) is 0.372. The molecule has 0 spiro atoms. The highest BCUT2D eigenvalue weighted by Gasteiger charge is 2.22. The van der Waals surface area contributed by atoms with Gasteiger partial charge in [0.15, 0.2) is 11.6 Å². The van der Waals surface area contributed by atoms with E-state index in [-0.39, 0.29) is 11.2 Å². The Bertz CT molecular complexity index is 623. The zero-order chi connectivity index (χ0) is 16.2. The van der Waals surface area contributed by atoms with Crippen LogP contribution in [0.15, 0.2) is 24.7 Å². The minimum Gasteiger partial charge on any atom is -0.478 e. The molecule has 0 saturated carbocycles. The number of ether oxygens (including phenoxy) is 1. The lowest BCUT2D eigenvalue weighted by Gasteiger charge is -2.19. The Morgan fingerprint density at radius 1 is 1.18 bits per heavy atom. The first kappa shape index (κ1) is 16.1. The van der Waals surface area contributed by atoms with Gasteiger partial charge in [0, 0.05) is 24.2 Å². The molecular formula is C16H21FN4O. The molecule has 2 heterocycles. The van der Waals surface area contributed by atoms with Gasteiger partial charge in [-0.1, -0.05) is 26.8 Å². The third-order valence-electron chi connectivity index (χ3n) is 3.05. The lowest BCUT2D eigenvalue weighted by atomic mass is 9.91. The summed E-state index contributed by atoms with van der Waals surface area (Å²) in [7, 11) is 0. The fourth-order valence-electron chi connectivity index (χ4n) is 1.95. The Kier molecular flexibility index (Phi) is 4.90. The minimum atomic E-state index is -0.408. The van der Waals surface area contributed by atoms with Crippen LogP contribution in [-0.4, -0.2) is 21.6 Å². The molecule has 2 rings (SSSR count). The molecule has 0 aliphatic carbocycles. The quantitative estimate of drug-likeness (QED) is 0.918. The largest absolute Gasteiger partial charge is 0.478 e. The highest BCUT2D eigenvalue weighted by atomic mass is 19.1. The summed E-state index contributed by atoms with van der Waals surface area (Å²) in [6.45, 7) is 8.65. The maximum Gasteiger partial charge on any atom is 0.213 e. The van der Waals surface area contributed by atoms with E-state index in [1.807, 2.05) is 33.8 Å². The molecule has 0 aliphatic rings. The number of halogens is 1. The lowest BCUT2D eigenvalue weighted by molar-refractivity contribution is 0.326. The number of nitrogens with zero attached hydrogens (tertiary/aromatic N) is 3. The highest BCUT2D eigenvalue weighted by Crippen LogP contribution is 2.25. The van der Waals surface area contributed by atoms with Crippen molar-refractivity contribution in [3.05, 3.63) is 41.7 Å². The first-order valence-electron chi connectivity index (χ1n) is 7.24. The van der Waals surface area contributed by atoms with Crippen molar-refractivity contribution in [2.24, 2.45) is 0 Å². The molecule has 2 aromatic rings. The lowest BCUT2D eigenvalue weighted by Crippen LogP contribution is -2.18. The zero-order valence-corrected chi connectivity index (χ0v) is 13.4. The number of anilines is 1. The van der Waals surface area contributed by atoms with E-state index >= 15 is 0 Å². The van der Waals surface area contributed by atoms with Crippen LogP contribution in [-0.2, 0) is 12.0 Å². The van der Waals surface area contributed by atoms with Crippen LogP contribution in [0.3, 0.4) is 0 Å². The number of hydrogen-bond acceptors (Lipinski definition) is 5. The molecular weight excluding hydrogens is 283 g/mol. The molecule has 0 atom stereocenters. The van der Waals surface area contributed by atoms with Crippen LogP contribution in [0, 0.1) is 5.82 Å². The van der Waals surface area contributed by atoms with Crippen LogP contribution >= 0.6 is 0 Å². The molecule has 0 radical (unpaired) electrons. The van der Waals surface area contributed by atoms with Gasteiger partial charge >= 0.3 is 0 Å². The van der Waals surface area contributed by atoms with Crippen molar-refractivity contribution in [2.75, 3.05) is 11.9 Å². The highest BCUT2D eigenvalue weighted by molar-refractivity contribution is 5.40. The van der Waals surface area contributed by atoms with Gasteiger partial charge in [0.05, 0.1) is 12.3 Å². The molecule has 0 amide bonds. The Morgan fingerprint density at radius 3 is 2.55 bits per heavy atom. The summed E-state index contributed by atoms with van der Waals surface area (Å²) in [6.07, 6.45) is 3.07. The zero-order valence-electron chi connectivity index (χ0n) is 13.4. The van der Waals surface area contributed by atoms with Crippen molar-refractivity contribution >= 4 is 5.82 Å². The van der Waals surface area contributed by atoms with Crippen molar-refractivity contribution in [3.8, 4) is 5.88 Å². The number of pyridine rings is 1. The van der Waals surface area contributed by atoms with Gasteiger partial charge in [-0.3, -0.25) is 0 Å². The van der Waals surface area contributed by atoms with Crippen LogP contribution in [0.1, 0.15) is 39.0 Å². The number of nitrogens with one attached hydrogen (secondary N) is 1. The first-order chi connectivity index (χ1) is 10.4. The molecule has 0 aromatic carbocycles. The minimum absolute atomic E-state index is 0.203. The van der Waals surface area contributed by atoms with E-state index < -0.39 is 5.82 Å². The second-order valence-corrected chi connectivity index (χ2v) is 5.93. The monoisotopic (exact) mass is 304 g/mol. The van der Waals surface area contributed by atoms with Gasteiger partial charge in [-0.05, 0) is 12.5 Å². The molecule has 0 saturated heterocycles. The molecule has 0 bridgehead atoms. The third kappa shape index (κ3) is 3.90. The summed E-state index contributed by atoms with van der Waals surface area (Å²) in [5, 5.41) is 2.99. The molecule has 0 fully saturated rings. The number of aromatic nitrogens is 3. The van der Waals surface area contributed by atoms with Crippen molar-refractivity contribution in [1.82, 2.24) is 15.0 Å². The Hall–Kier alpha value is -2.24. The maximum atomic E-state index is 14.4. The average molecular weight is 304 g/mol. The second kappa shape index (κ2) is 6.68. The number of hydrogen-bond donors (Lipinski definition) is 1. The van der Waals surface area contributed by atoms with Crippen molar-refractivity contribution in [3.63, 3.8) is 0 Å². The van der Waals surface area contributed by atoms with Gasteiger partial charge in [0.25, 0.3) is 0 Å². The second-order valence-electron chi connectivity index (χ2n) is 5.93. The van der Waals surface area contributed by atoms with Gasteiger partial charge in [-0.25, -0.2) is 19.3 Å². The molecule has 0 aliphatic heterocycles. The summed E-state index contributed by atoms with van der Waals surface area (Å²) >= 11 is 0. The SMILES string of the molecule is CCOc1ccc(CNc2ncnc(C(C)(C)C)c2F)cn1. The summed E-state index contributed by atoms with van der Waals surface area (Å²) < 4.78 is 19.7. The van der Waals surface area contributed by atoms with E-state index in [9.17, 15) is 4.39 Å². The van der Waals surface area contributed by atoms with Crippen LogP contribution in [0.25, 0.3) is 0 Å². The molecule has 6 heteroatoms. The number of rotatable bonds is 5. The van der Waals surface area contributed by atoms with E-state index in [4.69, 9.17) is 4.74 Å². The fourth-order valence-corrected chi connectivity index (χ4v) is 1.95. The topological polar surface area (TPSA) is 59.9 Å². The van der Waals surface area contributed by atoms with Gasteiger partial charge < -0.3 is 10.1 Å². The Balaban J connectivity index is 2.08. The van der Waals surface area contributed by atoms with E-state index in [0.717, 1.165) is 5.56 Å². The molecule has 2 aromatic heterocycles. The fraction of sp³-hybridized carbons (Fsp3) is 0.438. The average Bonchev–Trinajstić information content (AvgIpc) is 2.47. The van der Waals surface area contributed by atoms with Crippen LogP contribution in [0.4, 0.5) is 10.2 Å². The Labute approximate surface area is 130 Å². The maximum absolute atomic E-state index is 14.4. The third-order valence-corrected chi connectivity index (χ3v) is 3.05. The van der Waals surface area contributed by atoms with Crippen molar-refractivity contribution in [2.45, 2.75) is 39.7 Å². The van der Waals surface area contributed by atoms with Gasteiger partial charge in [-0.2, -0.15) is 0 Å². The predicted octanol–water partition coefficient (Wildman–Crippen LogP) is 3.32. The van der Waals surface area contributed by atoms with E-state index in [0.29, 0.717) is 24.7 Å². The smallest absolute Gasteiger partial charge is 0.213 e. The van der Waals surface area contributed by atoms with Gasteiger partial charge in [-0.15, -0.1) is 0 Å². The normalized spacial score (nSPS) is 11.3. The van der Waals surface area contributed by atoms with E-state index in [1.54, 1.807) is 12.3 Å². The predicted molar refractivity (Wildman–Crippen MR) is 83.4 cm³/mol. The van der Waals surface area contributed by atoms with Crippen LogP contribution < -0.4 is 10.1 Å². The molecule has 5 nitrogen and oxygen atoms in total. The summed E-state index contributed by atoms with van der Waals surface area (Å²) in [4.78, 5) is 12.2. The first-order valence-corrected chi connectivity index (χ1v) is 7.24. The van der Waals surface area contributed by atoms with Crippen LogP contribution in [0.2, 0.25) is 0 Å². The van der Waals surface area contributed by atoms with E-state index in [2.05, 4.69) is 20.3 Å². The molecule has 1 N–H and O–H groups in total. The van der Waals surface area contributed by atoms with Crippen molar-refractivity contribution < 1.29 is 9.13 Å². The Morgan fingerprint density at radius 2 is 1.95 bits per heavy atom. The van der Waals surface area contributed by atoms with E-state index in [1.165, 1.54) is 6.33 Å². The van der Waals surface area contributed by atoms with Crippen molar-refractivity contribution in [1.29, 1.82) is 0 Å². The standard InChI is InChI=1S/C16H21FN4O/c1-5-22-12-7-6-11(8-18-12)9-19-15-13(17)14(16(2,3)4)20-10-21-15/h6-8,10H,5,9H2,1-4H3,(H,19,20,21). The van der Waals surface area contributed by atoms with Gasteiger partial charge in [0.1, 0.15) is 6.33 Å². The molecule has 118 valence electrons. The summed E-state index contributed by atoms with van der Waals surface area (Å²) in [6, 6.07) is 3.67. The molecule has 0 unspecified atom stereocenters.